The maximum atomic E-state index is 10.7. The zero-order chi connectivity index (χ0) is 18.5. The minimum Gasteiger partial charge on any atom is -0.481 e. The zero-order valence-corrected chi connectivity index (χ0v) is 15.6. The van der Waals surface area contributed by atoms with Crippen LogP contribution in [0.3, 0.4) is 0 Å². The molecule has 0 amide bonds. The van der Waals surface area contributed by atoms with Crippen LogP contribution in [0.4, 0.5) is 0 Å². The lowest BCUT2D eigenvalue weighted by molar-refractivity contribution is -0.136. The summed E-state index contributed by atoms with van der Waals surface area (Å²) in [6.45, 7) is 0. The van der Waals surface area contributed by atoms with E-state index in [1.807, 2.05) is 0 Å². The molecular weight excluding hydrogens is 328 g/mol. The van der Waals surface area contributed by atoms with Gasteiger partial charge in [0.1, 0.15) is 6.10 Å². The molecule has 3 aliphatic rings. The van der Waals surface area contributed by atoms with Crippen LogP contribution >= 0.6 is 0 Å². The first-order valence-corrected chi connectivity index (χ1v) is 10.3. The van der Waals surface area contributed by atoms with E-state index in [2.05, 4.69) is 17.9 Å². The largest absolute Gasteiger partial charge is 0.481 e. The van der Waals surface area contributed by atoms with Crippen LogP contribution in [-0.4, -0.2) is 33.5 Å². The van der Waals surface area contributed by atoms with Gasteiger partial charge in [-0.15, -0.1) is 0 Å². The molecule has 3 saturated carbocycles. The second kappa shape index (κ2) is 9.06. The summed E-state index contributed by atoms with van der Waals surface area (Å²) in [5, 5.41) is 29.4. The number of carboxylic acid groups (broad SMARTS) is 1. The van der Waals surface area contributed by atoms with Crippen LogP contribution in [0.2, 0.25) is 0 Å². The topological polar surface area (TPSA) is 77.8 Å². The van der Waals surface area contributed by atoms with E-state index in [0.717, 1.165) is 25.7 Å². The van der Waals surface area contributed by atoms with Gasteiger partial charge in [-0.05, 0) is 49.9 Å². The van der Waals surface area contributed by atoms with Crippen molar-refractivity contribution in [3.63, 3.8) is 0 Å². The van der Waals surface area contributed by atoms with Crippen LogP contribution < -0.4 is 0 Å². The van der Waals surface area contributed by atoms with Gasteiger partial charge in [0.25, 0.3) is 0 Å². The number of allylic oxidation sites excluding steroid dienone is 2. The van der Waals surface area contributed by atoms with Gasteiger partial charge in [-0.25, -0.2) is 0 Å². The van der Waals surface area contributed by atoms with Gasteiger partial charge in [0, 0.05) is 6.42 Å². The fourth-order valence-corrected chi connectivity index (χ4v) is 5.08. The number of hydrogen-bond acceptors (Lipinski definition) is 3. The molecular formula is C22H32O4. The number of carboxylic acids is 1. The molecule has 0 saturated heterocycles. The van der Waals surface area contributed by atoms with E-state index in [-0.39, 0.29) is 12.3 Å². The lowest BCUT2D eigenvalue weighted by atomic mass is 9.57. The maximum absolute atomic E-state index is 10.7. The highest BCUT2D eigenvalue weighted by molar-refractivity contribution is 5.66. The highest BCUT2D eigenvalue weighted by Gasteiger charge is 2.46. The first kappa shape index (κ1) is 19.5. The van der Waals surface area contributed by atoms with Crippen molar-refractivity contribution in [2.24, 2.45) is 23.7 Å². The Kier molecular flexibility index (Phi) is 6.78. The van der Waals surface area contributed by atoms with Crippen LogP contribution in [0, 0.1) is 35.5 Å². The Balaban J connectivity index is 1.53. The van der Waals surface area contributed by atoms with Crippen molar-refractivity contribution in [3.8, 4) is 11.8 Å². The summed E-state index contributed by atoms with van der Waals surface area (Å²) in [6.07, 6.45) is 11.6. The highest BCUT2D eigenvalue weighted by atomic mass is 16.4. The molecule has 0 aliphatic heterocycles. The van der Waals surface area contributed by atoms with E-state index in [4.69, 9.17) is 5.11 Å². The van der Waals surface area contributed by atoms with Gasteiger partial charge in [0.05, 0.1) is 12.0 Å². The third-order valence-corrected chi connectivity index (χ3v) is 6.58. The smallest absolute Gasteiger partial charge is 0.303 e. The molecule has 0 radical (unpaired) electrons. The average Bonchev–Trinajstić information content (AvgIpc) is 2.59. The summed E-state index contributed by atoms with van der Waals surface area (Å²) in [5.74, 6) is 6.86. The Bertz CT molecular complexity index is 579. The first-order chi connectivity index (χ1) is 12.5. The van der Waals surface area contributed by atoms with Crippen LogP contribution in [0.1, 0.15) is 70.6 Å². The third-order valence-electron chi connectivity index (χ3n) is 6.58. The zero-order valence-electron chi connectivity index (χ0n) is 15.6. The Morgan fingerprint density at radius 2 is 1.96 bits per heavy atom. The Labute approximate surface area is 156 Å². The van der Waals surface area contributed by atoms with Gasteiger partial charge in [-0.3, -0.25) is 4.79 Å². The molecule has 3 rings (SSSR count). The van der Waals surface area contributed by atoms with Crippen LogP contribution in [0.5, 0.6) is 0 Å². The fourth-order valence-electron chi connectivity index (χ4n) is 5.08. The van der Waals surface area contributed by atoms with Crippen molar-refractivity contribution in [1.82, 2.24) is 0 Å². The molecule has 4 heteroatoms. The standard InChI is InChI=1S/C22H32O4/c23-17(13-15-5-2-1-3-6-15)9-10-19-20-14-16(7-4-8-22(25)26)18(20)11-12-21(19)24/h7,15,17-21,23-24H,1-6,8,11-14H2,(H,25,26)/b16-7-/t17?,18-,19-,20+,21-/m1/s1. The maximum Gasteiger partial charge on any atom is 0.303 e. The summed E-state index contributed by atoms with van der Waals surface area (Å²) in [7, 11) is 0. The first-order valence-electron chi connectivity index (χ1n) is 10.3. The summed E-state index contributed by atoms with van der Waals surface area (Å²) < 4.78 is 0. The van der Waals surface area contributed by atoms with E-state index in [0.29, 0.717) is 24.2 Å². The second-order valence-corrected chi connectivity index (χ2v) is 8.40. The van der Waals surface area contributed by atoms with Gasteiger partial charge >= 0.3 is 5.97 Å². The Morgan fingerprint density at radius 1 is 1.19 bits per heavy atom. The van der Waals surface area contributed by atoms with Crippen molar-refractivity contribution in [3.05, 3.63) is 11.6 Å². The van der Waals surface area contributed by atoms with E-state index >= 15 is 0 Å². The number of aliphatic hydroxyl groups excluding tert-OH is 2. The number of carbonyl (C=O) groups is 1. The van der Waals surface area contributed by atoms with Gasteiger partial charge in [-0.2, -0.15) is 0 Å². The van der Waals surface area contributed by atoms with Crippen molar-refractivity contribution in [1.29, 1.82) is 0 Å². The molecule has 0 aromatic carbocycles. The molecule has 3 fully saturated rings. The van der Waals surface area contributed by atoms with Crippen LogP contribution in [-0.2, 0) is 4.79 Å². The molecule has 26 heavy (non-hydrogen) atoms. The monoisotopic (exact) mass is 360 g/mol. The minimum absolute atomic E-state index is 0.0496. The van der Waals surface area contributed by atoms with Gasteiger partial charge in [0.2, 0.25) is 0 Å². The number of aliphatic carboxylic acids is 1. The number of fused-ring (bicyclic) bond motifs is 1. The summed E-state index contributed by atoms with van der Waals surface area (Å²) >= 11 is 0. The fraction of sp³-hybridized carbons (Fsp3) is 0.773. The lowest BCUT2D eigenvalue weighted by Gasteiger charge is -2.48. The molecule has 144 valence electrons. The molecule has 0 aromatic heterocycles. The molecule has 0 aromatic rings. The highest BCUT2D eigenvalue weighted by Crippen LogP contribution is 2.51. The predicted molar refractivity (Wildman–Crippen MR) is 100 cm³/mol. The number of aliphatic hydroxyl groups is 2. The number of rotatable bonds is 5. The third kappa shape index (κ3) is 4.90. The summed E-state index contributed by atoms with van der Waals surface area (Å²) in [5.41, 5.74) is 1.35. The van der Waals surface area contributed by atoms with Crippen molar-refractivity contribution in [2.75, 3.05) is 0 Å². The minimum atomic E-state index is -0.757. The van der Waals surface area contributed by atoms with E-state index in [1.165, 1.54) is 37.7 Å². The molecule has 3 N–H and O–H groups in total. The molecule has 5 atom stereocenters. The molecule has 1 unspecified atom stereocenters. The molecule has 0 spiro atoms. The Hall–Kier alpha value is -1.31. The van der Waals surface area contributed by atoms with E-state index < -0.39 is 18.2 Å². The van der Waals surface area contributed by atoms with Crippen molar-refractivity contribution >= 4 is 5.97 Å². The second-order valence-electron chi connectivity index (χ2n) is 8.40. The van der Waals surface area contributed by atoms with Crippen LogP contribution in [0.25, 0.3) is 0 Å². The average molecular weight is 360 g/mol. The van der Waals surface area contributed by atoms with Crippen LogP contribution in [0.15, 0.2) is 11.6 Å². The SMILES string of the molecule is O=C(O)CC/C=C1/C[C@@H]2[C@@H](C#CC(O)CC3CCCCC3)[C@H](O)CC[C@H]12. The molecule has 0 bridgehead atoms. The molecule has 0 heterocycles. The van der Waals surface area contributed by atoms with E-state index in [1.54, 1.807) is 0 Å². The Morgan fingerprint density at radius 3 is 2.69 bits per heavy atom. The lowest BCUT2D eigenvalue weighted by Crippen LogP contribution is -2.44. The number of hydrogen-bond donors (Lipinski definition) is 3. The summed E-state index contributed by atoms with van der Waals surface area (Å²) in [4.78, 5) is 10.7. The van der Waals surface area contributed by atoms with Crippen molar-refractivity contribution in [2.45, 2.75) is 82.8 Å². The molecule has 3 aliphatic carbocycles. The normalized spacial score (nSPS) is 34.3. The van der Waals surface area contributed by atoms with Gasteiger partial charge in [0.15, 0.2) is 0 Å². The van der Waals surface area contributed by atoms with Gasteiger partial charge < -0.3 is 15.3 Å². The van der Waals surface area contributed by atoms with E-state index in [9.17, 15) is 15.0 Å². The quantitative estimate of drug-likeness (QED) is 0.518. The summed E-state index contributed by atoms with van der Waals surface area (Å²) in [6, 6.07) is 0. The van der Waals surface area contributed by atoms with Crippen molar-refractivity contribution < 1.29 is 20.1 Å². The molecule has 4 nitrogen and oxygen atoms in total. The predicted octanol–water partition coefficient (Wildman–Crippen LogP) is 3.52. The van der Waals surface area contributed by atoms with Gasteiger partial charge in [-0.1, -0.05) is 55.6 Å².